The minimum Gasteiger partial charge on any atom is -0.444 e. The van der Waals surface area contributed by atoms with Gasteiger partial charge in [0.25, 0.3) is 0 Å². The number of nitrogens with zero attached hydrogens (tertiary/aromatic N) is 3. The highest BCUT2D eigenvalue weighted by atomic mass is 79.9. The lowest BCUT2D eigenvalue weighted by atomic mass is 9.88. The zero-order chi connectivity index (χ0) is 21.5. The fourth-order valence-electron chi connectivity index (χ4n) is 2.89. The van der Waals surface area contributed by atoms with Crippen molar-refractivity contribution in [3.05, 3.63) is 10.3 Å². The number of nitrogens with two attached hydrogens (primary N) is 1. The SMILES string of the molecule is CC(C)(C)OC(=O)N1C[C@@H](Nc2nc(Br)c(C(F)(F)F)nc2N)CCC1(C)C. The maximum Gasteiger partial charge on any atom is 0.436 e. The van der Waals surface area contributed by atoms with E-state index >= 15 is 0 Å². The lowest BCUT2D eigenvalue weighted by molar-refractivity contribution is -0.142. The van der Waals surface area contributed by atoms with Crippen LogP contribution in [0.5, 0.6) is 0 Å². The van der Waals surface area contributed by atoms with Crippen LogP contribution in [-0.2, 0) is 10.9 Å². The Balaban J connectivity index is 2.19. The molecule has 2 rings (SSSR count). The maximum atomic E-state index is 12.9. The van der Waals surface area contributed by atoms with Gasteiger partial charge in [0.15, 0.2) is 17.3 Å². The van der Waals surface area contributed by atoms with Crippen molar-refractivity contribution in [3.63, 3.8) is 0 Å². The van der Waals surface area contributed by atoms with Crippen molar-refractivity contribution in [1.82, 2.24) is 14.9 Å². The van der Waals surface area contributed by atoms with Crippen LogP contribution in [0.3, 0.4) is 0 Å². The van der Waals surface area contributed by atoms with Gasteiger partial charge in [-0.2, -0.15) is 13.2 Å². The van der Waals surface area contributed by atoms with E-state index in [2.05, 4.69) is 31.2 Å². The lowest BCUT2D eigenvalue weighted by Crippen LogP contribution is -2.57. The van der Waals surface area contributed by atoms with Crippen LogP contribution in [0.4, 0.5) is 29.6 Å². The number of nitrogen functional groups attached to an aromatic ring is 1. The van der Waals surface area contributed by atoms with Gasteiger partial charge in [0.05, 0.1) is 0 Å². The van der Waals surface area contributed by atoms with Crippen LogP contribution in [0, 0.1) is 0 Å². The second kappa shape index (κ2) is 7.57. The molecule has 0 aliphatic carbocycles. The van der Waals surface area contributed by atoms with Crippen molar-refractivity contribution >= 4 is 33.7 Å². The van der Waals surface area contributed by atoms with Crippen molar-refractivity contribution in [1.29, 1.82) is 0 Å². The number of piperidine rings is 1. The predicted octanol–water partition coefficient (Wildman–Crippen LogP) is 4.43. The van der Waals surface area contributed by atoms with Gasteiger partial charge in [0.1, 0.15) is 10.2 Å². The third kappa shape index (κ3) is 5.39. The highest BCUT2D eigenvalue weighted by Gasteiger charge is 2.40. The molecule has 1 saturated heterocycles. The zero-order valence-corrected chi connectivity index (χ0v) is 18.0. The molecule has 0 unspecified atom stereocenters. The normalized spacial score (nSPS) is 20.0. The van der Waals surface area contributed by atoms with Gasteiger partial charge in [-0.15, -0.1) is 0 Å². The summed E-state index contributed by atoms with van der Waals surface area (Å²) in [6.07, 6.45) is -3.77. The van der Waals surface area contributed by atoms with Gasteiger partial charge in [-0.25, -0.2) is 14.8 Å². The first-order valence-corrected chi connectivity index (χ1v) is 9.57. The summed E-state index contributed by atoms with van der Waals surface area (Å²) in [4.78, 5) is 21.5. The Hall–Kier alpha value is -1.78. The van der Waals surface area contributed by atoms with E-state index in [0.717, 1.165) is 0 Å². The molecule has 1 aromatic rings. The number of carbonyl (C=O) groups is 1. The van der Waals surface area contributed by atoms with Crippen LogP contribution < -0.4 is 11.1 Å². The number of aromatic nitrogens is 2. The number of halogens is 4. The molecule has 3 N–H and O–H groups in total. The summed E-state index contributed by atoms with van der Waals surface area (Å²) in [5.74, 6) is -0.321. The summed E-state index contributed by atoms with van der Waals surface area (Å²) in [5.41, 5.74) is 3.43. The fourth-order valence-corrected chi connectivity index (χ4v) is 3.38. The van der Waals surface area contributed by atoms with Gasteiger partial charge in [0.2, 0.25) is 0 Å². The van der Waals surface area contributed by atoms with Crippen LogP contribution in [0.1, 0.15) is 53.2 Å². The van der Waals surface area contributed by atoms with E-state index in [1.54, 1.807) is 25.7 Å². The number of hydrogen-bond donors (Lipinski definition) is 2. The number of rotatable bonds is 2. The second-order valence-electron chi connectivity index (χ2n) is 8.38. The van der Waals surface area contributed by atoms with Gasteiger partial charge >= 0.3 is 12.3 Å². The zero-order valence-electron chi connectivity index (χ0n) is 16.4. The molecule has 7 nitrogen and oxygen atoms in total. The van der Waals surface area contributed by atoms with E-state index < -0.39 is 33.7 Å². The molecule has 1 amide bonds. The third-order valence-electron chi connectivity index (χ3n) is 4.34. The summed E-state index contributed by atoms with van der Waals surface area (Å²) in [5, 5.41) is 3.01. The first-order valence-electron chi connectivity index (χ1n) is 8.77. The van der Waals surface area contributed by atoms with E-state index in [-0.39, 0.29) is 17.7 Å². The average Bonchev–Trinajstić information content (AvgIpc) is 2.49. The molecule has 0 bridgehead atoms. The fraction of sp³-hybridized carbons (Fsp3) is 0.706. The molecule has 1 aliphatic rings. The summed E-state index contributed by atoms with van der Waals surface area (Å²) in [6, 6.07) is -0.263. The van der Waals surface area contributed by atoms with Crippen LogP contribution in [-0.4, -0.2) is 44.7 Å². The van der Waals surface area contributed by atoms with E-state index in [4.69, 9.17) is 10.5 Å². The summed E-state index contributed by atoms with van der Waals surface area (Å²) in [7, 11) is 0. The second-order valence-corrected chi connectivity index (χ2v) is 9.13. The molecular formula is C17H25BrF3N5O2. The maximum absolute atomic E-state index is 12.9. The largest absolute Gasteiger partial charge is 0.444 e. The van der Waals surface area contributed by atoms with Crippen molar-refractivity contribution in [3.8, 4) is 0 Å². The van der Waals surface area contributed by atoms with Gasteiger partial charge in [0, 0.05) is 18.1 Å². The summed E-state index contributed by atoms with van der Waals surface area (Å²) in [6.45, 7) is 9.53. The van der Waals surface area contributed by atoms with Crippen LogP contribution >= 0.6 is 15.9 Å². The molecule has 158 valence electrons. The Bertz CT molecular complexity index is 750. The molecule has 2 heterocycles. The predicted molar refractivity (Wildman–Crippen MR) is 103 cm³/mol. The molecule has 1 aliphatic heterocycles. The molecule has 11 heteroatoms. The third-order valence-corrected chi connectivity index (χ3v) is 4.89. The Morgan fingerprint density at radius 2 is 1.93 bits per heavy atom. The molecule has 0 radical (unpaired) electrons. The molecular weight excluding hydrogens is 443 g/mol. The first kappa shape index (κ1) is 22.5. The number of ether oxygens (including phenoxy) is 1. The van der Waals surface area contributed by atoms with Gasteiger partial charge < -0.3 is 20.7 Å². The van der Waals surface area contributed by atoms with E-state index in [1.807, 2.05) is 13.8 Å². The highest BCUT2D eigenvalue weighted by molar-refractivity contribution is 9.10. The topological polar surface area (TPSA) is 93.4 Å². The monoisotopic (exact) mass is 467 g/mol. The summed E-state index contributed by atoms with van der Waals surface area (Å²) < 4.78 is 43.8. The van der Waals surface area contributed by atoms with Crippen LogP contribution in [0.2, 0.25) is 0 Å². The van der Waals surface area contributed by atoms with Crippen LogP contribution in [0.15, 0.2) is 4.60 Å². The number of likely N-dealkylation sites (tertiary alicyclic amines) is 1. The molecule has 1 atom stereocenters. The molecule has 0 saturated carbocycles. The highest BCUT2D eigenvalue weighted by Crippen LogP contribution is 2.35. The number of hydrogen-bond acceptors (Lipinski definition) is 6. The van der Waals surface area contributed by atoms with E-state index in [9.17, 15) is 18.0 Å². The molecule has 1 fully saturated rings. The number of alkyl halides is 3. The van der Waals surface area contributed by atoms with E-state index in [1.165, 1.54) is 0 Å². The van der Waals surface area contributed by atoms with Gasteiger partial charge in [-0.05, 0) is 63.4 Å². The molecule has 0 aromatic carbocycles. The Labute approximate surface area is 170 Å². The van der Waals surface area contributed by atoms with Crippen molar-refractivity contribution in [2.45, 2.75) is 70.8 Å². The molecule has 1 aromatic heterocycles. The first-order chi connectivity index (χ1) is 12.6. The number of nitrogens with one attached hydrogen (secondary N) is 1. The lowest BCUT2D eigenvalue weighted by Gasteiger charge is -2.45. The Morgan fingerprint density at radius 1 is 1.32 bits per heavy atom. The number of anilines is 2. The Kier molecular flexibility index (Phi) is 6.08. The number of carbonyl (C=O) groups excluding carboxylic acids is 1. The summed E-state index contributed by atoms with van der Waals surface area (Å²) >= 11 is 2.79. The minimum atomic E-state index is -4.67. The number of amides is 1. The average molecular weight is 468 g/mol. The standard InChI is InChI=1S/C17H25BrF3N5O2/c1-15(2,3)28-14(27)26-8-9(6-7-16(26,4)5)23-13-12(22)24-10(11(18)25-13)17(19,20)21/h9H,6-8H2,1-5H3,(H2,22,24)(H,23,25)/t9-/m0/s1. The van der Waals surface area contributed by atoms with Crippen molar-refractivity contribution in [2.24, 2.45) is 0 Å². The molecule has 0 spiro atoms. The Morgan fingerprint density at radius 3 is 2.46 bits per heavy atom. The van der Waals surface area contributed by atoms with Crippen molar-refractivity contribution in [2.75, 3.05) is 17.6 Å². The van der Waals surface area contributed by atoms with Gasteiger partial charge in [-0.1, -0.05) is 0 Å². The van der Waals surface area contributed by atoms with Crippen LogP contribution in [0.25, 0.3) is 0 Å². The smallest absolute Gasteiger partial charge is 0.436 e. The van der Waals surface area contributed by atoms with Crippen molar-refractivity contribution < 1.29 is 22.7 Å². The molecule has 28 heavy (non-hydrogen) atoms. The quantitative estimate of drug-likeness (QED) is 0.667. The minimum absolute atomic E-state index is 0.0359. The van der Waals surface area contributed by atoms with Gasteiger partial charge in [-0.3, -0.25) is 0 Å². The van der Waals surface area contributed by atoms with E-state index in [0.29, 0.717) is 19.4 Å².